The SMILES string of the molecule is COCCCNC(=O)c1ccccc1NC(=O)[C@H](C)Oc1cc(C)cc(C)c1C. The van der Waals surface area contributed by atoms with Crippen LogP contribution in [0.4, 0.5) is 5.69 Å². The second-order valence-corrected chi connectivity index (χ2v) is 7.10. The Hall–Kier alpha value is -2.86. The van der Waals surface area contributed by atoms with Crippen LogP contribution in [0.15, 0.2) is 36.4 Å². The highest BCUT2D eigenvalue weighted by Gasteiger charge is 2.19. The average molecular weight is 399 g/mol. The Morgan fingerprint density at radius 1 is 1.10 bits per heavy atom. The first-order valence-electron chi connectivity index (χ1n) is 9.75. The van der Waals surface area contributed by atoms with E-state index in [-0.39, 0.29) is 11.8 Å². The highest BCUT2D eigenvalue weighted by Crippen LogP contribution is 2.25. The molecule has 0 heterocycles. The van der Waals surface area contributed by atoms with E-state index in [9.17, 15) is 9.59 Å². The van der Waals surface area contributed by atoms with Crippen LogP contribution in [0.3, 0.4) is 0 Å². The van der Waals surface area contributed by atoms with Crippen molar-refractivity contribution in [2.24, 2.45) is 0 Å². The first-order chi connectivity index (χ1) is 13.8. The van der Waals surface area contributed by atoms with E-state index in [1.807, 2.05) is 26.8 Å². The Morgan fingerprint density at radius 3 is 2.55 bits per heavy atom. The topological polar surface area (TPSA) is 76.7 Å². The third-order valence-corrected chi connectivity index (χ3v) is 4.68. The lowest BCUT2D eigenvalue weighted by Crippen LogP contribution is -2.32. The number of hydrogen-bond donors (Lipinski definition) is 2. The van der Waals surface area contributed by atoms with Crippen LogP contribution in [-0.4, -0.2) is 38.2 Å². The van der Waals surface area contributed by atoms with Gasteiger partial charge in [0.15, 0.2) is 6.10 Å². The van der Waals surface area contributed by atoms with Crippen molar-refractivity contribution in [3.05, 3.63) is 58.7 Å². The van der Waals surface area contributed by atoms with Crippen LogP contribution in [0.2, 0.25) is 0 Å². The highest BCUT2D eigenvalue weighted by atomic mass is 16.5. The molecular formula is C23H30N2O4. The molecule has 156 valence electrons. The van der Waals surface area contributed by atoms with Crippen molar-refractivity contribution in [3.63, 3.8) is 0 Å². The third-order valence-electron chi connectivity index (χ3n) is 4.68. The number of ether oxygens (including phenoxy) is 2. The normalized spacial score (nSPS) is 11.6. The standard InChI is InChI=1S/C23H30N2O4/c1-15-13-16(2)17(3)21(14-15)29-18(4)22(26)25-20-10-7-6-9-19(20)23(27)24-11-8-12-28-5/h6-7,9-10,13-14,18H,8,11-12H2,1-5H3,(H,24,27)(H,25,26)/t18-/m0/s1. The van der Waals surface area contributed by atoms with Crippen molar-refractivity contribution in [1.29, 1.82) is 0 Å². The van der Waals surface area contributed by atoms with Crippen molar-refractivity contribution >= 4 is 17.5 Å². The smallest absolute Gasteiger partial charge is 0.265 e. The van der Waals surface area contributed by atoms with Gasteiger partial charge in [0.1, 0.15) is 5.75 Å². The van der Waals surface area contributed by atoms with E-state index in [4.69, 9.17) is 9.47 Å². The molecule has 29 heavy (non-hydrogen) atoms. The largest absolute Gasteiger partial charge is 0.481 e. The van der Waals surface area contributed by atoms with Crippen molar-refractivity contribution in [3.8, 4) is 5.75 Å². The lowest BCUT2D eigenvalue weighted by atomic mass is 10.1. The first-order valence-corrected chi connectivity index (χ1v) is 9.75. The van der Waals surface area contributed by atoms with Gasteiger partial charge in [-0.1, -0.05) is 18.2 Å². The molecule has 0 radical (unpaired) electrons. The zero-order valence-electron chi connectivity index (χ0n) is 17.8. The number of benzene rings is 2. The van der Waals surface area contributed by atoms with Crippen LogP contribution >= 0.6 is 0 Å². The molecule has 2 aromatic carbocycles. The molecule has 0 saturated carbocycles. The summed E-state index contributed by atoms with van der Waals surface area (Å²) >= 11 is 0. The lowest BCUT2D eigenvalue weighted by molar-refractivity contribution is -0.122. The molecule has 2 amide bonds. The minimum absolute atomic E-state index is 0.240. The third kappa shape index (κ3) is 6.32. The van der Waals surface area contributed by atoms with Crippen LogP contribution in [-0.2, 0) is 9.53 Å². The van der Waals surface area contributed by atoms with E-state index in [0.29, 0.717) is 30.2 Å². The fraction of sp³-hybridized carbons (Fsp3) is 0.391. The van der Waals surface area contributed by atoms with Crippen LogP contribution in [0.25, 0.3) is 0 Å². The summed E-state index contributed by atoms with van der Waals surface area (Å²) in [7, 11) is 1.62. The Morgan fingerprint density at radius 2 is 1.83 bits per heavy atom. The predicted molar refractivity (Wildman–Crippen MR) is 115 cm³/mol. The van der Waals surface area contributed by atoms with Gasteiger partial charge in [-0.3, -0.25) is 9.59 Å². The molecule has 0 fully saturated rings. The number of nitrogens with one attached hydrogen (secondary N) is 2. The van der Waals surface area contributed by atoms with Crippen molar-refractivity contribution < 1.29 is 19.1 Å². The van der Waals surface area contributed by atoms with Crippen molar-refractivity contribution in [2.75, 3.05) is 25.6 Å². The van der Waals surface area contributed by atoms with Crippen molar-refractivity contribution in [2.45, 2.75) is 40.2 Å². The maximum atomic E-state index is 12.7. The zero-order valence-corrected chi connectivity index (χ0v) is 17.8. The summed E-state index contributed by atoms with van der Waals surface area (Å²) in [6.07, 6.45) is 0.00407. The molecule has 2 N–H and O–H groups in total. The number of carbonyl (C=O) groups is 2. The van der Waals surface area contributed by atoms with Gasteiger partial charge in [0.05, 0.1) is 11.3 Å². The molecule has 0 aliphatic heterocycles. The molecule has 0 unspecified atom stereocenters. The van der Waals surface area contributed by atoms with Crippen LogP contribution < -0.4 is 15.4 Å². The number of amides is 2. The maximum absolute atomic E-state index is 12.7. The number of carbonyl (C=O) groups excluding carboxylic acids is 2. The van der Waals surface area contributed by atoms with E-state index < -0.39 is 6.10 Å². The summed E-state index contributed by atoms with van der Waals surface area (Å²) in [6.45, 7) is 8.75. The Balaban J connectivity index is 2.06. The number of aryl methyl sites for hydroxylation is 2. The van der Waals surface area contributed by atoms with E-state index in [1.165, 1.54) is 0 Å². The minimum atomic E-state index is -0.715. The molecule has 2 aromatic rings. The molecular weight excluding hydrogens is 368 g/mol. The molecule has 6 nitrogen and oxygen atoms in total. The summed E-state index contributed by atoms with van der Waals surface area (Å²) in [4.78, 5) is 25.1. The number of rotatable bonds is 9. The number of anilines is 1. The van der Waals surface area contributed by atoms with E-state index in [0.717, 1.165) is 23.1 Å². The van der Waals surface area contributed by atoms with Crippen LogP contribution in [0.5, 0.6) is 5.75 Å². The molecule has 2 rings (SSSR count). The fourth-order valence-corrected chi connectivity index (χ4v) is 2.91. The quantitative estimate of drug-likeness (QED) is 0.630. The van der Waals surface area contributed by atoms with Gasteiger partial charge in [-0.05, 0) is 69.0 Å². The average Bonchev–Trinajstić information content (AvgIpc) is 2.69. The van der Waals surface area contributed by atoms with Gasteiger partial charge in [0.2, 0.25) is 0 Å². The molecule has 0 aliphatic carbocycles. The van der Waals surface area contributed by atoms with Crippen LogP contribution in [0.1, 0.15) is 40.4 Å². The number of methoxy groups -OCH3 is 1. The summed E-state index contributed by atoms with van der Waals surface area (Å²) in [5.41, 5.74) is 4.06. The van der Waals surface area contributed by atoms with Gasteiger partial charge in [-0.2, -0.15) is 0 Å². The van der Waals surface area contributed by atoms with Gasteiger partial charge >= 0.3 is 0 Å². The summed E-state index contributed by atoms with van der Waals surface area (Å²) in [5.74, 6) is 0.133. The van der Waals surface area contributed by atoms with Gasteiger partial charge < -0.3 is 20.1 Å². The maximum Gasteiger partial charge on any atom is 0.265 e. The zero-order chi connectivity index (χ0) is 21.4. The Kier molecular flexibility index (Phi) is 8.21. The molecule has 6 heteroatoms. The van der Waals surface area contributed by atoms with Gasteiger partial charge in [-0.25, -0.2) is 0 Å². The molecule has 0 aromatic heterocycles. The van der Waals surface area contributed by atoms with E-state index in [2.05, 4.69) is 16.7 Å². The van der Waals surface area contributed by atoms with Crippen LogP contribution in [0, 0.1) is 20.8 Å². The number of para-hydroxylation sites is 1. The highest BCUT2D eigenvalue weighted by molar-refractivity contribution is 6.04. The second-order valence-electron chi connectivity index (χ2n) is 7.10. The van der Waals surface area contributed by atoms with Gasteiger partial charge in [-0.15, -0.1) is 0 Å². The number of hydrogen-bond acceptors (Lipinski definition) is 4. The predicted octanol–water partition coefficient (Wildman–Crippen LogP) is 3.78. The summed E-state index contributed by atoms with van der Waals surface area (Å²) < 4.78 is 10.9. The van der Waals surface area contributed by atoms with E-state index >= 15 is 0 Å². The Labute approximate surface area is 172 Å². The fourth-order valence-electron chi connectivity index (χ4n) is 2.91. The molecule has 1 atom stereocenters. The lowest BCUT2D eigenvalue weighted by Gasteiger charge is -2.19. The second kappa shape index (κ2) is 10.6. The van der Waals surface area contributed by atoms with Crippen molar-refractivity contribution in [1.82, 2.24) is 5.32 Å². The minimum Gasteiger partial charge on any atom is -0.481 e. The summed E-state index contributed by atoms with van der Waals surface area (Å²) in [6, 6.07) is 10.9. The Bertz CT molecular complexity index is 864. The molecule has 0 spiro atoms. The monoisotopic (exact) mass is 398 g/mol. The van der Waals surface area contributed by atoms with Gasteiger partial charge in [0, 0.05) is 20.3 Å². The van der Waals surface area contributed by atoms with Gasteiger partial charge in [0.25, 0.3) is 11.8 Å². The molecule has 0 bridgehead atoms. The molecule has 0 aliphatic rings. The summed E-state index contributed by atoms with van der Waals surface area (Å²) in [5, 5.41) is 5.65. The molecule has 0 saturated heterocycles. The van der Waals surface area contributed by atoms with E-state index in [1.54, 1.807) is 38.3 Å². The first kappa shape index (κ1) is 22.4.